The van der Waals surface area contributed by atoms with Crippen molar-refractivity contribution in [1.29, 1.82) is 0 Å². The van der Waals surface area contributed by atoms with E-state index in [9.17, 15) is 20.0 Å². The van der Waals surface area contributed by atoms with Gasteiger partial charge in [0.2, 0.25) is 0 Å². The number of piperidine rings is 2. The van der Waals surface area contributed by atoms with Gasteiger partial charge in [0.05, 0.1) is 26.2 Å². The highest BCUT2D eigenvalue weighted by Crippen LogP contribution is 2.29. The van der Waals surface area contributed by atoms with Gasteiger partial charge in [-0.1, -0.05) is 60.7 Å². The first kappa shape index (κ1) is 27.3. The van der Waals surface area contributed by atoms with Gasteiger partial charge in [0.1, 0.15) is 0 Å². The van der Waals surface area contributed by atoms with Gasteiger partial charge in [0.15, 0.2) is 12.1 Å². The van der Waals surface area contributed by atoms with E-state index in [1.54, 1.807) is 0 Å². The largest absolute Gasteiger partial charge is 0.632 e. The number of carbonyl (C=O) groups excluding carboxylic acids is 2. The monoisotopic (exact) mass is 508 g/mol. The van der Waals surface area contributed by atoms with Gasteiger partial charge in [0, 0.05) is 32.4 Å². The van der Waals surface area contributed by atoms with E-state index in [0.717, 1.165) is 36.8 Å². The van der Waals surface area contributed by atoms with Crippen molar-refractivity contribution >= 4 is 11.8 Å². The van der Waals surface area contributed by atoms with E-state index in [1.165, 1.54) is 0 Å². The van der Waals surface area contributed by atoms with E-state index < -0.39 is 21.4 Å². The minimum atomic E-state index is -0.649. The number of rotatable bonds is 10. The maximum Gasteiger partial charge on any atom is 0.278 e. The van der Waals surface area contributed by atoms with Crippen molar-refractivity contribution in [2.24, 2.45) is 0 Å². The van der Waals surface area contributed by atoms with E-state index in [-0.39, 0.29) is 24.9 Å². The molecular weight excluding hydrogens is 468 g/mol. The van der Waals surface area contributed by atoms with Crippen LogP contribution in [0.5, 0.6) is 0 Å². The van der Waals surface area contributed by atoms with Crippen LogP contribution >= 0.6 is 0 Å². The molecule has 2 aliphatic rings. The molecule has 8 nitrogen and oxygen atoms in total. The highest BCUT2D eigenvalue weighted by atomic mass is 16.6. The molecule has 2 aromatic rings. The van der Waals surface area contributed by atoms with E-state index in [2.05, 4.69) is 10.6 Å². The van der Waals surface area contributed by atoms with Crippen LogP contribution in [0.25, 0.3) is 0 Å². The van der Waals surface area contributed by atoms with Crippen LogP contribution in [0, 0.1) is 10.4 Å². The first-order chi connectivity index (χ1) is 17.9. The first-order valence-corrected chi connectivity index (χ1v) is 13.7. The van der Waals surface area contributed by atoms with Crippen LogP contribution in [0.3, 0.4) is 0 Å². The minimum Gasteiger partial charge on any atom is -0.632 e. The van der Waals surface area contributed by atoms with Gasteiger partial charge >= 0.3 is 0 Å². The third kappa shape index (κ3) is 7.17. The summed E-state index contributed by atoms with van der Waals surface area (Å²) in [4.78, 5) is 26.0. The molecule has 200 valence electrons. The predicted octanol–water partition coefficient (Wildman–Crippen LogP) is 3.74. The maximum absolute atomic E-state index is 13.8. The van der Waals surface area contributed by atoms with Crippen molar-refractivity contribution in [3.8, 4) is 0 Å². The topological polar surface area (TPSA) is 104 Å². The van der Waals surface area contributed by atoms with Gasteiger partial charge in [-0.3, -0.25) is 9.59 Å². The van der Waals surface area contributed by atoms with E-state index in [0.29, 0.717) is 45.4 Å². The van der Waals surface area contributed by atoms with Crippen molar-refractivity contribution in [2.75, 3.05) is 26.2 Å². The summed E-state index contributed by atoms with van der Waals surface area (Å²) in [6.07, 6.45) is 4.81. The molecule has 0 aromatic heterocycles. The van der Waals surface area contributed by atoms with Gasteiger partial charge in [-0.2, -0.15) is 0 Å². The highest BCUT2D eigenvalue weighted by molar-refractivity contribution is 5.81. The van der Waals surface area contributed by atoms with Crippen molar-refractivity contribution in [2.45, 2.75) is 70.1 Å². The highest BCUT2D eigenvalue weighted by Gasteiger charge is 2.40. The van der Waals surface area contributed by atoms with Crippen LogP contribution in [0.1, 0.15) is 56.1 Å². The Bertz CT molecular complexity index is 940. The first-order valence-electron chi connectivity index (χ1n) is 13.7. The Morgan fingerprint density at radius 2 is 1.08 bits per heavy atom. The summed E-state index contributed by atoms with van der Waals surface area (Å²) in [5.74, 6) is -0.415. The Hall–Kier alpha value is -2.78. The molecule has 2 amide bonds. The maximum atomic E-state index is 13.8. The molecule has 37 heavy (non-hydrogen) atoms. The molecule has 0 bridgehead atoms. The third-order valence-corrected chi connectivity index (χ3v) is 7.96. The molecule has 0 spiro atoms. The Morgan fingerprint density at radius 1 is 0.676 bits per heavy atom. The molecule has 2 unspecified atom stereocenters. The van der Waals surface area contributed by atoms with E-state index in [4.69, 9.17) is 0 Å². The second-order valence-electron chi connectivity index (χ2n) is 10.6. The van der Waals surface area contributed by atoms with Crippen LogP contribution in [0.2, 0.25) is 0 Å². The summed E-state index contributed by atoms with van der Waals surface area (Å²) in [5, 5.41) is 33.5. The van der Waals surface area contributed by atoms with E-state index >= 15 is 0 Å². The number of nitrogens with zero attached hydrogens (tertiary/aromatic N) is 2. The third-order valence-electron chi connectivity index (χ3n) is 7.96. The van der Waals surface area contributed by atoms with Crippen molar-refractivity contribution in [3.05, 3.63) is 82.2 Å². The lowest BCUT2D eigenvalue weighted by Crippen LogP contribution is -2.62. The zero-order chi connectivity index (χ0) is 26.1. The smallest absolute Gasteiger partial charge is 0.278 e. The molecule has 0 saturated carbocycles. The van der Waals surface area contributed by atoms with Gasteiger partial charge in [-0.05, 0) is 36.8 Å². The fourth-order valence-corrected chi connectivity index (χ4v) is 5.85. The fourth-order valence-electron chi connectivity index (χ4n) is 5.85. The second-order valence-corrected chi connectivity index (χ2v) is 10.6. The number of benzene rings is 2. The van der Waals surface area contributed by atoms with Crippen molar-refractivity contribution in [1.82, 2.24) is 10.6 Å². The number of hydrogen-bond donors (Lipinski definition) is 2. The molecule has 2 aliphatic heterocycles. The van der Waals surface area contributed by atoms with Crippen LogP contribution in [0.15, 0.2) is 60.7 Å². The Labute approximate surface area is 220 Å². The normalized spacial score (nSPS) is 27.8. The van der Waals surface area contributed by atoms with E-state index in [1.807, 2.05) is 60.7 Å². The molecule has 0 aliphatic carbocycles. The number of nitrogens with one attached hydrogen (secondary N) is 2. The summed E-state index contributed by atoms with van der Waals surface area (Å²) in [5.41, 5.74) is 1.99. The summed E-state index contributed by atoms with van der Waals surface area (Å²) in [6.45, 7) is 2.04. The SMILES string of the molecule is O=C(NCc1ccccc1)[C@@H]1CCCC[N+]1([O-])CCC[N+]1([O-])CCCC[C@H]1C(=O)NCc1ccccc1. The molecular formula is C29H40N4O4. The number of hydrogen-bond acceptors (Lipinski definition) is 4. The number of likely N-dealkylation sites (tertiary alicyclic amines) is 2. The molecule has 4 atom stereocenters. The summed E-state index contributed by atoms with van der Waals surface area (Å²) < 4.78 is -1.16. The molecule has 2 saturated heterocycles. The van der Waals surface area contributed by atoms with Crippen LogP contribution in [-0.4, -0.2) is 59.4 Å². The van der Waals surface area contributed by atoms with Crippen molar-refractivity contribution in [3.63, 3.8) is 0 Å². The second kappa shape index (κ2) is 12.6. The predicted molar refractivity (Wildman–Crippen MR) is 143 cm³/mol. The number of quaternary nitrogens is 2. The number of carbonyl (C=O) groups is 2. The lowest BCUT2D eigenvalue weighted by Gasteiger charge is -2.53. The molecule has 0 radical (unpaired) electrons. The van der Waals surface area contributed by atoms with Crippen LogP contribution in [0.4, 0.5) is 0 Å². The fraction of sp³-hybridized carbons (Fsp3) is 0.517. The lowest BCUT2D eigenvalue weighted by atomic mass is 9.98. The molecule has 8 heteroatoms. The Balaban J connectivity index is 1.32. The summed E-state index contributed by atoms with van der Waals surface area (Å²) in [7, 11) is 0. The number of hydroxylamine groups is 6. The average Bonchev–Trinajstić information content (AvgIpc) is 2.92. The summed E-state index contributed by atoms with van der Waals surface area (Å²) in [6, 6.07) is 18.0. The lowest BCUT2D eigenvalue weighted by molar-refractivity contribution is -0.919. The van der Waals surface area contributed by atoms with Gasteiger partial charge in [-0.25, -0.2) is 0 Å². The Kier molecular flexibility index (Phi) is 9.32. The quantitative estimate of drug-likeness (QED) is 0.377. The zero-order valence-corrected chi connectivity index (χ0v) is 21.6. The van der Waals surface area contributed by atoms with Crippen LogP contribution < -0.4 is 10.6 Å². The molecule has 2 fully saturated rings. The molecule has 4 rings (SSSR count). The van der Waals surface area contributed by atoms with Crippen LogP contribution in [-0.2, 0) is 22.7 Å². The van der Waals surface area contributed by atoms with Gasteiger partial charge < -0.3 is 30.3 Å². The van der Waals surface area contributed by atoms with Crippen molar-refractivity contribution < 1.29 is 18.9 Å². The average molecular weight is 509 g/mol. The molecule has 2 heterocycles. The molecule has 2 aromatic carbocycles. The Morgan fingerprint density at radius 3 is 1.49 bits per heavy atom. The summed E-state index contributed by atoms with van der Waals surface area (Å²) >= 11 is 0. The standard InChI is InChI=1S/C29H40N4O4/c34-28(30-22-24-12-3-1-4-13-24)26-16-7-9-18-32(26,36)20-11-21-33(37)19-10-8-17-27(33)29(35)31-23-25-14-5-2-6-15-25/h1-6,12-15,26-27H,7-11,16-23H2,(H,30,34)(H,31,35)/t26-,27-,32?,33?/m0/s1. The number of amides is 2. The zero-order valence-electron chi connectivity index (χ0n) is 21.6. The van der Waals surface area contributed by atoms with Gasteiger partial charge in [0.25, 0.3) is 11.8 Å². The molecule has 2 N–H and O–H groups in total. The minimum absolute atomic E-state index is 0.208. The van der Waals surface area contributed by atoms with Gasteiger partial charge in [-0.15, -0.1) is 0 Å².